The van der Waals surface area contributed by atoms with Crippen molar-refractivity contribution in [1.82, 2.24) is 0 Å². The molecule has 2 heterocycles. The Morgan fingerprint density at radius 1 is 0.892 bits per heavy atom. The number of hydrogen-bond acceptors (Lipinski definition) is 8. The predicted molar refractivity (Wildman–Crippen MR) is 136 cm³/mol. The fraction of sp³-hybridized carbons (Fsp3) is 0.345. The zero-order valence-corrected chi connectivity index (χ0v) is 21.5. The minimum atomic E-state index is -0.494. The molecule has 2 aliphatic rings. The van der Waals surface area contributed by atoms with E-state index in [0.717, 1.165) is 16.7 Å². The molecule has 3 aromatic carbocycles. The SMILES string of the molecule is COc1cc(-c2c([C@@H]3OC(=O)[C@@H](C)[C@H]3C)cc3c(c2OC)OCO3)cc(OC)c1OCc1ccccc1. The van der Waals surface area contributed by atoms with Crippen molar-refractivity contribution >= 4 is 5.97 Å². The maximum atomic E-state index is 12.5. The van der Waals surface area contributed by atoms with Crippen molar-refractivity contribution in [2.24, 2.45) is 11.8 Å². The van der Waals surface area contributed by atoms with E-state index >= 15 is 0 Å². The van der Waals surface area contributed by atoms with Crippen LogP contribution in [0.1, 0.15) is 31.1 Å². The number of methoxy groups -OCH3 is 3. The topological polar surface area (TPSA) is 81.7 Å². The molecule has 1 fully saturated rings. The second-order valence-corrected chi connectivity index (χ2v) is 9.10. The summed E-state index contributed by atoms with van der Waals surface area (Å²) in [5.74, 6) is 2.43. The lowest BCUT2D eigenvalue weighted by atomic mass is 9.85. The maximum absolute atomic E-state index is 12.5. The molecule has 1 saturated heterocycles. The molecule has 3 aromatic rings. The molecule has 0 amide bonds. The summed E-state index contributed by atoms with van der Waals surface area (Å²) in [5, 5.41) is 0. The van der Waals surface area contributed by atoms with Crippen LogP contribution in [0.3, 0.4) is 0 Å². The normalized spacial score (nSPS) is 19.9. The summed E-state index contributed by atoms with van der Waals surface area (Å²) in [6.45, 7) is 4.30. The second-order valence-electron chi connectivity index (χ2n) is 9.10. The third-order valence-electron chi connectivity index (χ3n) is 7.02. The van der Waals surface area contributed by atoms with Gasteiger partial charge in [0, 0.05) is 17.0 Å². The van der Waals surface area contributed by atoms with E-state index in [1.54, 1.807) is 21.3 Å². The van der Waals surface area contributed by atoms with Crippen LogP contribution in [0.15, 0.2) is 48.5 Å². The number of cyclic esters (lactones) is 1. The molecule has 0 saturated carbocycles. The van der Waals surface area contributed by atoms with Crippen LogP contribution in [0.2, 0.25) is 0 Å². The van der Waals surface area contributed by atoms with Crippen LogP contribution in [0.5, 0.6) is 34.5 Å². The number of rotatable bonds is 8. The fourth-order valence-corrected chi connectivity index (χ4v) is 4.81. The van der Waals surface area contributed by atoms with E-state index in [1.807, 2.05) is 62.4 Å². The fourth-order valence-electron chi connectivity index (χ4n) is 4.81. The summed E-state index contributed by atoms with van der Waals surface area (Å²) in [5.41, 5.74) is 3.21. The molecule has 0 aliphatic carbocycles. The molecule has 194 valence electrons. The molecule has 8 heteroatoms. The lowest BCUT2D eigenvalue weighted by Gasteiger charge is -2.23. The van der Waals surface area contributed by atoms with Crippen molar-refractivity contribution in [3.63, 3.8) is 0 Å². The maximum Gasteiger partial charge on any atom is 0.309 e. The Morgan fingerprint density at radius 3 is 2.19 bits per heavy atom. The zero-order chi connectivity index (χ0) is 26.1. The number of carbonyl (C=O) groups excluding carboxylic acids is 1. The molecule has 2 aliphatic heterocycles. The van der Waals surface area contributed by atoms with Crippen molar-refractivity contribution < 1.29 is 38.0 Å². The van der Waals surface area contributed by atoms with Gasteiger partial charge in [-0.2, -0.15) is 0 Å². The summed E-state index contributed by atoms with van der Waals surface area (Å²) in [6.07, 6.45) is -0.494. The van der Waals surface area contributed by atoms with Gasteiger partial charge in [-0.3, -0.25) is 4.79 Å². The molecule has 8 nitrogen and oxygen atoms in total. The van der Waals surface area contributed by atoms with Crippen molar-refractivity contribution in [2.75, 3.05) is 28.1 Å². The van der Waals surface area contributed by atoms with Gasteiger partial charge in [-0.05, 0) is 29.3 Å². The van der Waals surface area contributed by atoms with Crippen LogP contribution >= 0.6 is 0 Å². The number of carbonyl (C=O) groups is 1. The van der Waals surface area contributed by atoms with E-state index in [9.17, 15) is 4.79 Å². The van der Waals surface area contributed by atoms with Gasteiger partial charge >= 0.3 is 5.97 Å². The van der Waals surface area contributed by atoms with Gasteiger partial charge < -0.3 is 33.2 Å². The first kappa shape index (κ1) is 24.6. The second kappa shape index (κ2) is 10.1. The molecule has 5 rings (SSSR count). The van der Waals surface area contributed by atoms with Gasteiger partial charge in [-0.1, -0.05) is 44.2 Å². The van der Waals surface area contributed by atoms with E-state index in [0.29, 0.717) is 46.7 Å². The monoisotopic (exact) mass is 506 g/mol. The molecule has 0 aromatic heterocycles. The van der Waals surface area contributed by atoms with Gasteiger partial charge in [-0.25, -0.2) is 0 Å². The third kappa shape index (κ3) is 4.37. The molecule has 37 heavy (non-hydrogen) atoms. The van der Waals surface area contributed by atoms with Crippen LogP contribution in [0, 0.1) is 11.8 Å². The largest absolute Gasteiger partial charge is 0.493 e. The first-order valence-corrected chi connectivity index (χ1v) is 12.1. The number of benzene rings is 3. The Hall–Kier alpha value is -4.07. The molecule has 0 spiro atoms. The Balaban J connectivity index is 1.65. The summed E-state index contributed by atoms with van der Waals surface area (Å²) in [6, 6.07) is 15.4. The van der Waals surface area contributed by atoms with Gasteiger partial charge in [0.05, 0.1) is 27.2 Å². The van der Waals surface area contributed by atoms with Crippen LogP contribution in [-0.4, -0.2) is 34.1 Å². The van der Waals surface area contributed by atoms with Gasteiger partial charge in [-0.15, -0.1) is 0 Å². The minimum Gasteiger partial charge on any atom is -0.493 e. The molecule has 0 bridgehead atoms. The molecular weight excluding hydrogens is 476 g/mol. The summed E-state index contributed by atoms with van der Waals surface area (Å²) >= 11 is 0. The molecular formula is C29H30O8. The Morgan fingerprint density at radius 2 is 1.59 bits per heavy atom. The summed E-state index contributed by atoms with van der Waals surface area (Å²) in [4.78, 5) is 12.5. The smallest absolute Gasteiger partial charge is 0.309 e. The molecule has 0 radical (unpaired) electrons. The van der Waals surface area contributed by atoms with Gasteiger partial charge in [0.2, 0.25) is 18.3 Å². The minimum absolute atomic E-state index is 0.0615. The average Bonchev–Trinajstić information content (AvgIpc) is 3.50. The Labute approximate surface area is 216 Å². The van der Waals surface area contributed by atoms with Gasteiger partial charge in [0.15, 0.2) is 23.0 Å². The van der Waals surface area contributed by atoms with Crippen molar-refractivity contribution in [3.8, 4) is 45.6 Å². The number of ether oxygens (including phenoxy) is 7. The van der Waals surface area contributed by atoms with E-state index in [-0.39, 0.29) is 24.6 Å². The van der Waals surface area contributed by atoms with Crippen LogP contribution in [-0.2, 0) is 16.1 Å². The van der Waals surface area contributed by atoms with Crippen LogP contribution < -0.4 is 28.4 Å². The Kier molecular flexibility index (Phi) is 6.74. The third-order valence-corrected chi connectivity index (χ3v) is 7.02. The molecule has 0 unspecified atom stereocenters. The molecule has 0 N–H and O–H groups in total. The highest BCUT2D eigenvalue weighted by Crippen LogP contribution is 2.55. The number of fused-ring (bicyclic) bond motifs is 1. The number of esters is 1. The standard InChI is InChI=1S/C29H30O8/c1-16-17(2)29(30)37-25(16)20-13-23-27(36-15-35-23)28(33-5)24(20)19-11-21(31-3)26(22(12-19)32-4)34-14-18-9-7-6-8-10-18/h6-13,16-17,25H,14-15H2,1-5H3/t16-,17+,25-/m1/s1. The summed E-state index contributed by atoms with van der Waals surface area (Å²) in [7, 11) is 4.73. The highest BCUT2D eigenvalue weighted by Gasteiger charge is 2.42. The number of hydrogen-bond donors (Lipinski definition) is 0. The van der Waals surface area contributed by atoms with E-state index in [2.05, 4.69) is 0 Å². The van der Waals surface area contributed by atoms with Crippen molar-refractivity contribution in [3.05, 3.63) is 59.7 Å². The quantitative estimate of drug-likeness (QED) is 0.368. The van der Waals surface area contributed by atoms with Crippen molar-refractivity contribution in [2.45, 2.75) is 26.6 Å². The highest BCUT2D eigenvalue weighted by atomic mass is 16.7. The Bertz CT molecular complexity index is 1280. The van der Waals surface area contributed by atoms with Gasteiger partial charge in [0.25, 0.3) is 0 Å². The lowest BCUT2D eigenvalue weighted by molar-refractivity contribution is -0.144. The molecule has 3 atom stereocenters. The van der Waals surface area contributed by atoms with E-state index < -0.39 is 6.10 Å². The van der Waals surface area contributed by atoms with E-state index in [4.69, 9.17) is 33.2 Å². The first-order valence-electron chi connectivity index (χ1n) is 12.1. The van der Waals surface area contributed by atoms with Crippen molar-refractivity contribution in [1.29, 1.82) is 0 Å². The predicted octanol–water partition coefficient (Wildman–Crippen LogP) is 5.56. The van der Waals surface area contributed by atoms with Crippen LogP contribution in [0.4, 0.5) is 0 Å². The van der Waals surface area contributed by atoms with Crippen LogP contribution in [0.25, 0.3) is 11.1 Å². The summed E-state index contributed by atoms with van der Waals surface area (Å²) < 4.78 is 40.8. The highest BCUT2D eigenvalue weighted by molar-refractivity contribution is 5.84. The van der Waals surface area contributed by atoms with E-state index in [1.165, 1.54) is 0 Å². The van der Waals surface area contributed by atoms with Gasteiger partial charge in [0.1, 0.15) is 12.7 Å². The lowest BCUT2D eigenvalue weighted by Crippen LogP contribution is -2.11. The first-order chi connectivity index (χ1) is 18.0. The zero-order valence-electron chi connectivity index (χ0n) is 21.5. The average molecular weight is 507 g/mol.